The first-order valence-corrected chi connectivity index (χ1v) is 9.85. The SMILES string of the molecule is CC(=O)N1CCc2cc(NS(=O)(=O)c3ccc4ccccc4c3)ccc21. The molecule has 0 aliphatic carbocycles. The number of hydrogen-bond acceptors (Lipinski definition) is 3. The number of fused-ring (bicyclic) bond motifs is 2. The van der Waals surface area contributed by atoms with E-state index in [0.717, 1.165) is 28.4 Å². The van der Waals surface area contributed by atoms with Crippen molar-refractivity contribution in [3.8, 4) is 0 Å². The molecule has 1 heterocycles. The maximum absolute atomic E-state index is 12.7. The highest BCUT2D eigenvalue weighted by Crippen LogP contribution is 2.31. The normalized spacial score (nSPS) is 13.7. The summed E-state index contributed by atoms with van der Waals surface area (Å²) in [5.41, 5.74) is 2.33. The number of carbonyl (C=O) groups is 1. The molecule has 1 N–H and O–H groups in total. The smallest absolute Gasteiger partial charge is 0.261 e. The summed E-state index contributed by atoms with van der Waals surface area (Å²) in [6, 6.07) is 18.0. The van der Waals surface area contributed by atoms with Crippen molar-refractivity contribution in [3.63, 3.8) is 0 Å². The maximum atomic E-state index is 12.7. The molecule has 0 radical (unpaired) electrons. The van der Waals surface area contributed by atoms with Gasteiger partial charge < -0.3 is 4.90 Å². The van der Waals surface area contributed by atoms with Crippen LogP contribution < -0.4 is 9.62 Å². The molecule has 4 rings (SSSR count). The first-order valence-electron chi connectivity index (χ1n) is 8.37. The van der Waals surface area contributed by atoms with Crippen LogP contribution in [-0.2, 0) is 21.2 Å². The van der Waals surface area contributed by atoms with Gasteiger partial charge in [-0.3, -0.25) is 9.52 Å². The van der Waals surface area contributed by atoms with Crippen molar-refractivity contribution in [1.82, 2.24) is 0 Å². The van der Waals surface area contributed by atoms with Crippen LogP contribution in [0.3, 0.4) is 0 Å². The Morgan fingerprint density at radius 1 is 1.00 bits per heavy atom. The summed E-state index contributed by atoms with van der Waals surface area (Å²) in [6.45, 7) is 2.16. The van der Waals surface area contributed by atoms with Crippen LogP contribution in [0.5, 0.6) is 0 Å². The zero-order valence-corrected chi connectivity index (χ0v) is 15.1. The fourth-order valence-corrected chi connectivity index (χ4v) is 4.43. The maximum Gasteiger partial charge on any atom is 0.261 e. The minimum atomic E-state index is -3.68. The van der Waals surface area contributed by atoms with Gasteiger partial charge in [-0.2, -0.15) is 0 Å². The molecule has 6 heteroatoms. The van der Waals surface area contributed by atoms with Crippen molar-refractivity contribution >= 4 is 38.1 Å². The summed E-state index contributed by atoms with van der Waals surface area (Å²) < 4.78 is 28.1. The second-order valence-corrected chi connectivity index (χ2v) is 8.06. The van der Waals surface area contributed by atoms with Gasteiger partial charge in [0.15, 0.2) is 0 Å². The number of hydrogen-bond donors (Lipinski definition) is 1. The Bertz CT molecular complexity index is 1120. The van der Waals surface area contributed by atoms with E-state index < -0.39 is 10.0 Å². The Balaban J connectivity index is 1.64. The molecule has 3 aromatic rings. The largest absolute Gasteiger partial charge is 0.312 e. The third-order valence-electron chi connectivity index (χ3n) is 4.64. The van der Waals surface area contributed by atoms with Gasteiger partial charge in [0, 0.05) is 24.8 Å². The molecule has 26 heavy (non-hydrogen) atoms. The molecule has 0 spiro atoms. The van der Waals surface area contributed by atoms with Gasteiger partial charge in [0.1, 0.15) is 0 Å². The van der Waals surface area contributed by atoms with E-state index in [-0.39, 0.29) is 10.8 Å². The van der Waals surface area contributed by atoms with E-state index in [2.05, 4.69) is 4.72 Å². The van der Waals surface area contributed by atoms with Crippen molar-refractivity contribution in [1.29, 1.82) is 0 Å². The van der Waals surface area contributed by atoms with E-state index in [9.17, 15) is 13.2 Å². The molecule has 0 saturated heterocycles. The molecular formula is C20H18N2O3S. The van der Waals surface area contributed by atoms with Crippen molar-refractivity contribution in [3.05, 3.63) is 66.2 Å². The van der Waals surface area contributed by atoms with Crippen LogP contribution in [0.1, 0.15) is 12.5 Å². The highest BCUT2D eigenvalue weighted by Gasteiger charge is 2.23. The molecule has 1 aliphatic rings. The van der Waals surface area contributed by atoms with Crippen LogP contribution in [0, 0.1) is 0 Å². The zero-order valence-electron chi connectivity index (χ0n) is 14.3. The molecule has 0 aromatic heterocycles. The van der Waals surface area contributed by atoms with Gasteiger partial charge >= 0.3 is 0 Å². The molecule has 0 atom stereocenters. The van der Waals surface area contributed by atoms with Crippen LogP contribution in [-0.4, -0.2) is 20.9 Å². The first kappa shape index (κ1) is 16.6. The van der Waals surface area contributed by atoms with Crippen LogP contribution in [0.2, 0.25) is 0 Å². The summed E-state index contributed by atoms with van der Waals surface area (Å²) >= 11 is 0. The third-order valence-corrected chi connectivity index (χ3v) is 6.02. The lowest BCUT2D eigenvalue weighted by molar-refractivity contribution is -0.116. The van der Waals surface area contributed by atoms with Crippen molar-refractivity contribution < 1.29 is 13.2 Å². The number of sulfonamides is 1. The standard InChI is InChI=1S/C20H18N2O3S/c1-14(23)22-11-10-17-12-18(7-9-20(17)22)21-26(24,25)19-8-6-15-4-2-3-5-16(15)13-19/h2-9,12-13,21H,10-11H2,1H3. The number of nitrogens with zero attached hydrogens (tertiary/aromatic N) is 1. The number of nitrogens with one attached hydrogen (secondary N) is 1. The lowest BCUT2D eigenvalue weighted by Gasteiger charge is -2.15. The molecule has 3 aromatic carbocycles. The predicted octanol–water partition coefficient (Wildman–Crippen LogP) is 3.55. The van der Waals surface area contributed by atoms with E-state index in [1.165, 1.54) is 6.92 Å². The molecule has 0 unspecified atom stereocenters. The van der Waals surface area contributed by atoms with Crippen LogP contribution in [0.4, 0.5) is 11.4 Å². The van der Waals surface area contributed by atoms with Gasteiger partial charge in [-0.05, 0) is 53.1 Å². The number of rotatable bonds is 3. The molecule has 1 amide bonds. The molecule has 132 valence electrons. The highest BCUT2D eigenvalue weighted by atomic mass is 32.2. The lowest BCUT2D eigenvalue weighted by atomic mass is 10.1. The zero-order chi connectivity index (χ0) is 18.3. The van der Waals surface area contributed by atoms with Crippen LogP contribution in [0.25, 0.3) is 10.8 Å². The summed E-state index contributed by atoms with van der Waals surface area (Å²) in [4.78, 5) is 13.6. The Hall–Kier alpha value is -2.86. The van der Waals surface area contributed by atoms with Crippen LogP contribution in [0.15, 0.2) is 65.6 Å². The van der Waals surface area contributed by atoms with E-state index >= 15 is 0 Å². The highest BCUT2D eigenvalue weighted by molar-refractivity contribution is 7.92. The first-order chi connectivity index (χ1) is 12.4. The minimum absolute atomic E-state index is 0.00626. The monoisotopic (exact) mass is 366 g/mol. The summed E-state index contributed by atoms with van der Waals surface area (Å²) in [7, 11) is -3.68. The lowest BCUT2D eigenvalue weighted by Crippen LogP contribution is -2.25. The molecule has 0 bridgehead atoms. The molecule has 0 saturated carbocycles. The summed E-state index contributed by atoms with van der Waals surface area (Å²) in [5, 5.41) is 1.87. The van der Waals surface area contributed by atoms with Crippen LogP contribution >= 0.6 is 0 Å². The third kappa shape index (κ3) is 2.93. The predicted molar refractivity (Wildman–Crippen MR) is 103 cm³/mol. The van der Waals surface area contributed by atoms with Crippen molar-refractivity contribution in [2.45, 2.75) is 18.2 Å². The Morgan fingerprint density at radius 3 is 2.54 bits per heavy atom. The fourth-order valence-electron chi connectivity index (χ4n) is 3.34. The molecule has 0 fully saturated rings. The Labute approximate surface area is 152 Å². The quantitative estimate of drug-likeness (QED) is 0.771. The average Bonchev–Trinajstić information content (AvgIpc) is 3.04. The van der Waals surface area contributed by atoms with Gasteiger partial charge in [0.2, 0.25) is 5.91 Å². The summed E-state index contributed by atoms with van der Waals surface area (Å²) in [5.74, 6) is -0.00626. The minimum Gasteiger partial charge on any atom is -0.312 e. The topological polar surface area (TPSA) is 66.5 Å². The molecule has 1 aliphatic heterocycles. The van der Waals surface area contributed by atoms with Gasteiger partial charge in [-0.25, -0.2) is 8.42 Å². The molecular weight excluding hydrogens is 348 g/mol. The van der Waals surface area contributed by atoms with E-state index in [1.54, 1.807) is 41.3 Å². The van der Waals surface area contributed by atoms with Gasteiger partial charge in [-0.15, -0.1) is 0 Å². The fraction of sp³-hybridized carbons (Fsp3) is 0.150. The van der Waals surface area contributed by atoms with Gasteiger partial charge in [0.05, 0.1) is 4.90 Å². The second-order valence-electron chi connectivity index (χ2n) is 6.38. The average molecular weight is 366 g/mol. The van der Waals surface area contributed by atoms with E-state index in [0.29, 0.717) is 12.2 Å². The number of amides is 1. The second kappa shape index (κ2) is 6.14. The number of anilines is 2. The number of carbonyl (C=O) groups excluding carboxylic acids is 1. The van der Waals surface area contributed by atoms with Crippen molar-refractivity contribution in [2.75, 3.05) is 16.2 Å². The Kier molecular flexibility index (Phi) is 3.92. The van der Waals surface area contributed by atoms with E-state index in [4.69, 9.17) is 0 Å². The van der Waals surface area contributed by atoms with Gasteiger partial charge in [-0.1, -0.05) is 30.3 Å². The Morgan fingerprint density at radius 2 is 1.77 bits per heavy atom. The number of benzene rings is 3. The van der Waals surface area contributed by atoms with Crippen molar-refractivity contribution in [2.24, 2.45) is 0 Å². The van der Waals surface area contributed by atoms with E-state index in [1.807, 2.05) is 24.3 Å². The summed E-state index contributed by atoms with van der Waals surface area (Å²) in [6.07, 6.45) is 0.723. The molecule has 5 nitrogen and oxygen atoms in total. The van der Waals surface area contributed by atoms with Gasteiger partial charge in [0.25, 0.3) is 10.0 Å².